The van der Waals surface area contributed by atoms with Crippen LogP contribution in [0.3, 0.4) is 0 Å². The minimum atomic E-state index is 0.0269. The van der Waals surface area contributed by atoms with Crippen molar-refractivity contribution in [2.24, 2.45) is 0 Å². The number of ether oxygens (including phenoxy) is 1. The average Bonchev–Trinajstić information content (AvgIpc) is 2.92. The Balaban J connectivity index is 2.02. The van der Waals surface area contributed by atoms with Crippen molar-refractivity contribution in [3.8, 4) is 11.5 Å². The summed E-state index contributed by atoms with van der Waals surface area (Å²) in [7, 11) is 0. The SMILES string of the molecule is CC[C@@H](CC[C@H]1OC1(C)C)c1cc(O)ccc1O. The van der Waals surface area contributed by atoms with E-state index in [2.05, 4.69) is 20.8 Å². The maximum atomic E-state index is 9.88. The van der Waals surface area contributed by atoms with Crippen LogP contribution in [-0.4, -0.2) is 21.9 Å². The van der Waals surface area contributed by atoms with Crippen molar-refractivity contribution in [2.75, 3.05) is 0 Å². The van der Waals surface area contributed by atoms with Crippen molar-refractivity contribution in [1.29, 1.82) is 0 Å². The lowest BCUT2D eigenvalue weighted by Crippen LogP contribution is -2.06. The van der Waals surface area contributed by atoms with E-state index in [1.54, 1.807) is 12.1 Å². The molecule has 1 aromatic rings. The van der Waals surface area contributed by atoms with Gasteiger partial charge in [0.25, 0.3) is 0 Å². The van der Waals surface area contributed by atoms with Gasteiger partial charge in [-0.3, -0.25) is 0 Å². The summed E-state index contributed by atoms with van der Waals surface area (Å²) in [5.74, 6) is 0.761. The Kier molecular flexibility index (Phi) is 3.53. The molecule has 2 N–H and O–H groups in total. The van der Waals surface area contributed by atoms with E-state index in [4.69, 9.17) is 4.74 Å². The Morgan fingerprint density at radius 1 is 1.33 bits per heavy atom. The first kappa shape index (κ1) is 13.2. The predicted molar refractivity (Wildman–Crippen MR) is 71.0 cm³/mol. The maximum Gasteiger partial charge on any atom is 0.119 e. The Labute approximate surface area is 108 Å². The highest BCUT2D eigenvalue weighted by Crippen LogP contribution is 2.41. The molecule has 1 aliphatic rings. The van der Waals surface area contributed by atoms with Crippen LogP contribution in [0, 0.1) is 0 Å². The molecular weight excluding hydrogens is 228 g/mol. The van der Waals surface area contributed by atoms with Gasteiger partial charge in [0.05, 0.1) is 11.7 Å². The number of hydrogen-bond donors (Lipinski definition) is 2. The van der Waals surface area contributed by atoms with Crippen LogP contribution in [-0.2, 0) is 4.74 Å². The van der Waals surface area contributed by atoms with E-state index in [9.17, 15) is 10.2 Å². The van der Waals surface area contributed by atoms with Crippen LogP contribution < -0.4 is 0 Å². The first-order valence-electron chi connectivity index (χ1n) is 6.63. The highest BCUT2D eigenvalue weighted by molar-refractivity contribution is 5.40. The van der Waals surface area contributed by atoms with Crippen LogP contribution >= 0.6 is 0 Å². The summed E-state index contributed by atoms with van der Waals surface area (Å²) in [5, 5.41) is 19.4. The largest absolute Gasteiger partial charge is 0.508 e. The third-order valence-corrected chi connectivity index (χ3v) is 3.89. The molecule has 18 heavy (non-hydrogen) atoms. The van der Waals surface area contributed by atoms with Gasteiger partial charge in [0.15, 0.2) is 0 Å². The fourth-order valence-electron chi connectivity index (χ4n) is 2.54. The minimum absolute atomic E-state index is 0.0269. The third-order valence-electron chi connectivity index (χ3n) is 3.89. The molecule has 1 aliphatic heterocycles. The van der Waals surface area contributed by atoms with Crippen LogP contribution in [0.4, 0.5) is 0 Å². The van der Waals surface area contributed by atoms with Crippen molar-refractivity contribution in [3.05, 3.63) is 23.8 Å². The normalized spacial score (nSPS) is 22.7. The standard InChI is InChI=1S/C15H22O3/c1-4-10(5-8-14-15(2,3)18-14)12-9-11(16)6-7-13(12)17/h6-7,9-10,14,16-17H,4-5,8H2,1-3H3/t10-,14+/m0/s1. The van der Waals surface area contributed by atoms with Gasteiger partial charge in [-0.1, -0.05) is 6.92 Å². The zero-order chi connectivity index (χ0) is 13.3. The minimum Gasteiger partial charge on any atom is -0.508 e. The fraction of sp³-hybridized carbons (Fsp3) is 0.600. The van der Waals surface area contributed by atoms with Crippen molar-refractivity contribution in [1.82, 2.24) is 0 Å². The number of rotatable bonds is 5. The monoisotopic (exact) mass is 250 g/mol. The first-order chi connectivity index (χ1) is 8.44. The molecule has 0 saturated carbocycles. The van der Waals surface area contributed by atoms with Crippen LogP contribution in [0.1, 0.15) is 51.5 Å². The van der Waals surface area contributed by atoms with Gasteiger partial charge in [0.2, 0.25) is 0 Å². The second kappa shape index (κ2) is 4.81. The molecule has 0 amide bonds. The average molecular weight is 250 g/mol. The van der Waals surface area contributed by atoms with Crippen molar-refractivity contribution < 1.29 is 14.9 Å². The zero-order valence-electron chi connectivity index (χ0n) is 11.3. The molecule has 0 bridgehead atoms. The third kappa shape index (κ3) is 2.78. The van der Waals surface area contributed by atoms with Crippen molar-refractivity contribution >= 4 is 0 Å². The van der Waals surface area contributed by atoms with Gasteiger partial charge in [0, 0.05) is 5.56 Å². The van der Waals surface area contributed by atoms with Crippen molar-refractivity contribution in [2.45, 2.75) is 57.7 Å². The number of phenolic OH excluding ortho intramolecular Hbond substituents is 2. The molecule has 3 heteroatoms. The van der Waals surface area contributed by atoms with E-state index in [1.165, 1.54) is 6.07 Å². The van der Waals surface area contributed by atoms with Crippen LogP contribution in [0.2, 0.25) is 0 Å². The van der Waals surface area contributed by atoms with E-state index in [1.807, 2.05) is 0 Å². The predicted octanol–water partition coefficient (Wildman–Crippen LogP) is 3.55. The van der Waals surface area contributed by atoms with Gasteiger partial charge < -0.3 is 14.9 Å². The molecule has 2 rings (SSSR count). The summed E-state index contributed by atoms with van der Waals surface area (Å²) in [6.45, 7) is 6.31. The summed E-state index contributed by atoms with van der Waals surface area (Å²) >= 11 is 0. The number of phenols is 2. The lowest BCUT2D eigenvalue weighted by atomic mass is 9.89. The van der Waals surface area contributed by atoms with Crippen LogP contribution in [0.15, 0.2) is 18.2 Å². The number of hydrogen-bond acceptors (Lipinski definition) is 3. The highest BCUT2D eigenvalue weighted by Gasteiger charge is 2.47. The van der Waals surface area contributed by atoms with Gasteiger partial charge in [-0.25, -0.2) is 0 Å². The number of aromatic hydroxyl groups is 2. The van der Waals surface area contributed by atoms with Crippen LogP contribution in [0.5, 0.6) is 11.5 Å². The topological polar surface area (TPSA) is 53.0 Å². The smallest absolute Gasteiger partial charge is 0.119 e. The molecule has 0 spiro atoms. The van der Waals surface area contributed by atoms with Gasteiger partial charge >= 0.3 is 0 Å². The van der Waals surface area contributed by atoms with E-state index >= 15 is 0 Å². The molecule has 1 aromatic carbocycles. The zero-order valence-corrected chi connectivity index (χ0v) is 11.3. The molecule has 0 radical (unpaired) electrons. The second-order valence-corrected chi connectivity index (χ2v) is 5.64. The highest BCUT2D eigenvalue weighted by atomic mass is 16.6. The molecule has 0 aliphatic carbocycles. The van der Waals surface area contributed by atoms with Crippen LogP contribution in [0.25, 0.3) is 0 Å². The maximum absolute atomic E-state index is 9.88. The fourth-order valence-corrected chi connectivity index (χ4v) is 2.54. The Morgan fingerprint density at radius 3 is 2.56 bits per heavy atom. The number of benzene rings is 1. The Hall–Kier alpha value is -1.22. The molecule has 100 valence electrons. The first-order valence-corrected chi connectivity index (χ1v) is 6.63. The molecule has 1 heterocycles. The van der Waals surface area contributed by atoms with E-state index in [0.717, 1.165) is 24.8 Å². The molecular formula is C15H22O3. The van der Waals surface area contributed by atoms with Gasteiger partial charge in [-0.2, -0.15) is 0 Å². The summed E-state index contributed by atoms with van der Waals surface area (Å²) in [4.78, 5) is 0. The second-order valence-electron chi connectivity index (χ2n) is 5.64. The van der Waals surface area contributed by atoms with Crippen molar-refractivity contribution in [3.63, 3.8) is 0 Å². The summed E-state index contributed by atoms with van der Waals surface area (Å²) < 4.78 is 5.58. The van der Waals surface area contributed by atoms with E-state index in [-0.39, 0.29) is 23.0 Å². The Bertz CT molecular complexity index is 426. The lowest BCUT2D eigenvalue weighted by Gasteiger charge is -2.16. The quantitative estimate of drug-likeness (QED) is 0.620. The van der Waals surface area contributed by atoms with Gasteiger partial charge in [0.1, 0.15) is 11.5 Å². The molecule has 1 fully saturated rings. The molecule has 1 saturated heterocycles. The van der Waals surface area contributed by atoms with Gasteiger partial charge in [-0.15, -0.1) is 0 Å². The molecule has 3 nitrogen and oxygen atoms in total. The summed E-state index contributed by atoms with van der Waals surface area (Å²) in [6, 6.07) is 4.74. The van der Waals surface area contributed by atoms with E-state index in [0.29, 0.717) is 6.10 Å². The molecule has 2 atom stereocenters. The Morgan fingerprint density at radius 2 is 2.00 bits per heavy atom. The van der Waals surface area contributed by atoms with E-state index < -0.39 is 0 Å². The molecule has 0 aromatic heterocycles. The number of epoxide rings is 1. The summed E-state index contributed by atoms with van der Waals surface area (Å²) in [6.07, 6.45) is 3.26. The lowest BCUT2D eigenvalue weighted by molar-refractivity contribution is 0.316. The summed E-state index contributed by atoms with van der Waals surface area (Å²) in [5.41, 5.74) is 0.870. The molecule has 0 unspecified atom stereocenters. The van der Waals surface area contributed by atoms with Gasteiger partial charge in [-0.05, 0) is 57.2 Å².